The van der Waals surface area contributed by atoms with Crippen molar-refractivity contribution in [1.29, 1.82) is 0 Å². The highest BCUT2D eigenvalue weighted by atomic mass is 127. The lowest BCUT2D eigenvalue weighted by molar-refractivity contribution is -0.140. The fourth-order valence-corrected chi connectivity index (χ4v) is 5.40. The van der Waals surface area contributed by atoms with Gasteiger partial charge in [0.2, 0.25) is 21.8 Å². The highest BCUT2D eigenvalue weighted by molar-refractivity contribution is 14.1. The van der Waals surface area contributed by atoms with Gasteiger partial charge in [0.25, 0.3) is 0 Å². The lowest BCUT2D eigenvalue weighted by Crippen LogP contribution is -2.53. The van der Waals surface area contributed by atoms with Crippen molar-refractivity contribution in [2.75, 3.05) is 23.7 Å². The Balaban J connectivity index is 2.02. The van der Waals surface area contributed by atoms with E-state index in [1.54, 1.807) is 24.3 Å². The molecule has 0 fully saturated rings. The number of halogens is 2. The van der Waals surface area contributed by atoms with Gasteiger partial charge in [0.15, 0.2) is 0 Å². The zero-order valence-electron chi connectivity index (χ0n) is 21.3. The Bertz CT molecular complexity index is 1320. The molecule has 3 aromatic carbocycles. The third-order valence-electron chi connectivity index (χ3n) is 5.88. The van der Waals surface area contributed by atoms with E-state index in [2.05, 4.69) is 43.8 Å². The number of carbonyl (C=O) groups is 2. The summed E-state index contributed by atoms with van der Waals surface area (Å²) in [5.74, 6) is -0.745. The standard InChI is InChI=1S/C28H31BrIN3O4S/c1-3-17-31-28(35)26(18-21-7-5-4-6-8-21)32(19-22-9-11-23(29)12-10-22)27(34)20-33(38(2,36)37)25-15-13-24(30)14-16-25/h4-16,26H,3,17-20H2,1-2H3,(H,31,35)/t26-/m0/s1. The second-order valence-electron chi connectivity index (χ2n) is 8.89. The van der Waals surface area contributed by atoms with E-state index in [9.17, 15) is 18.0 Å². The van der Waals surface area contributed by atoms with Crippen LogP contribution in [0.3, 0.4) is 0 Å². The van der Waals surface area contributed by atoms with E-state index < -0.39 is 28.5 Å². The van der Waals surface area contributed by atoms with Gasteiger partial charge in [-0.1, -0.05) is 65.3 Å². The second-order valence-corrected chi connectivity index (χ2v) is 13.0. The van der Waals surface area contributed by atoms with E-state index in [-0.39, 0.29) is 12.5 Å². The van der Waals surface area contributed by atoms with Crippen LogP contribution in [0.5, 0.6) is 0 Å². The number of rotatable bonds is 12. The molecule has 0 spiro atoms. The van der Waals surface area contributed by atoms with E-state index in [1.165, 1.54) is 4.90 Å². The van der Waals surface area contributed by atoms with Gasteiger partial charge in [0, 0.05) is 27.6 Å². The summed E-state index contributed by atoms with van der Waals surface area (Å²) in [4.78, 5) is 28.9. The van der Waals surface area contributed by atoms with E-state index in [4.69, 9.17) is 0 Å². The number of carbonyl (C=O) groups excluding carboxylic acids is 2. The van der Waals surface area contributed by atoms with Crippen LogP contribution in [-0.4, -0.2) is 50.5 Å². The zero-order valence-corrected chi connectivity index (χ0v) is 25.9. The van der Waals surface area contributed by atoms with E-state index >= 15 is 0 Å². The van der Waals surface area contributed by atoms with Gasteiger partial charge >= 0.3 is 0 Å². The topological polar surface area (TPSA) is 86.8 Å². The highest BCUT2D eigenvalue weighted by Crippen LogP contribution is 2.22. The van der Waals surface area contributed by atoms with Crippen LogP contribution in [0, 0.1) is 3.57 Å². The smallest absolute Gasteiger partial charge is 0.244 e. The van der Waals surface area contributed by atoms with Crippen LogP contribution in [0.2, 0.25) is 0 Å². The molecule has 0 aliphatic heterocycles. The Kier molecular flexibility index (Phi) is 11.2. The first kappa shape index (κ1) is 30.1. The van der Waals surface area contributed by atoms with Crippen LogP contribution in [-0.2, 0) is 32.6 Å². The summed E-state index contributed by atoms with van der Waals surface area (Å²) in [5, 5.41) is 2.93. The van der Waals surface area contributed by atoms with Gasteiger partial charge in [-0.25, -0.2) is 8.42 Å². The highest BCUT2D eigenvalue weighted by Gasteiger charge is 2.32. The Morgan fingerprint density at radius 1 is 0.947 bits per heavy atom. The maximum Gasteiger partial charge on any atom is 0.244 e. The molecule has 0 bridgehead atoms. The fraction of sp³-hybridized carbons (Fsp3) is 0.286. The van der Waals surface area contributed by atoms with Gasteiger partial charge in [-0.3, -0.25) is 13.9 Å². The minimum atomic E-state index is -3.78. The van der Waals surface area contributed by atoms with Crippen molar-refractivity contribution in [3.63, 3.8) is 0 Å². The number of hydrogen-bond donors (Lipinski definition) is 1. The van der Waals surface area contributed by atoms with Crippen LogP contribution in [0.15, 0.2) is 83.3 Å². The predicted octanol–water partition coefficient (Wildman–Crippen LogP) is 4.99. The van der Waals surface area contributed by atoms with Crippen molar-refractivity contribution >= 4 is 66.0 Å². The van der Waals surface area contributed by atoms with Gasteiger partial charge in [0.1, 0.15) is 12.6 Å². The number of hydrogen-bond acceptors (Lipinski definition) is 4. The summed E-state index contributed by atoms with van der Waals surface area (Å²) in [6.07, 6.45) is 2.12. The Morgan fingerprint density at radius 3 is 2.16 bits per heavy atom. The molecule has 1 N–H and O–H groups in total. The van der Waals surface area contributed by atoms with Crippen molar-refractivity contribution in [2.45, 2.75) is 32.4 Å². The van der Waals surface area contributed by atoms with E-state index in [0.29, 0.717) is 18.7 Å². The number of sulfonamides is 1. The third-order valence-corrected chi connectivity index (χ3v) is 8.27. The monoisotopic (exact) mass is 711 g/mol. The van der Waals surface area contributed by atoms with E-state index in [0.717, 1.165) is 36.2 Å². The Hall–Kier alpha value is -2.44. The maximum absolute atomic E-state index is 14.0. The minimum absolute atomic E-state index is 0.146. The van der Waals surface area contributed by atoms with Crippen molar-refractivity contribution in [3.8, 4) is 0 Å². The number of anilines is 1. The normalized spacial score (nSPS) is 12.0. The maximum atomic E-state index is 14.0. The lowest BCUT2D eigenvalue weighted by atomic mass is 10.0. The lowest BCUT2D eigenvalue weighted by Gasteiger charge is -2.33. The summed E-state index contributed by atoms with van der Waals surface area (Å²) < 4.78 is 28.5. The molecule has 202 valence electrons. The Labute approximate surface area is 246 Å². The molecule has 0 radical (unpaired) electrons. The first-order chi connectivity index (χ1) is 18.1. The third kappa shape index (κ3) is 8.81. The summed E-state index contributed by atoms with van der Waals surface area (Å²) in [7, 11) is -3.78. The molecule has 1 atom stereocenters. The molecule has 38 heavy (non-hydrogen) atoms. The van der Waals surface area contributed by atoms with Gasteiger partial charge < -0.3 is 10.2 Å². The molecule has 2 amide bonds. The molecule has 0 aliphatic rings. The molecule has 0 saturated heterocycles. The SMILES string of the molecule is CCCNC(=O)[C@H](Cc1ccccc1)N(Cc1ccc(Br)cc1)C(=O)CN(c1ccc(I)cc1)S(C)(=O)=O. The molecule has 10 heteroatoms. The van der Waals surface area contributed by atoms with Crippen LogP contribution >= 0.6 is 38.5 Å². The molecule has 0 unspecified atom stereocenters. The summed E-state index contributed by atoms with van der Waals surface area (Å²) >= 11 is 5.57. The number of nitrogens with one attached hydrogen (secondary N) is 1. The van der Waals surface area contributed by atoms with Crippen LogP contribution in [0.1, 0.15) is 24.5 Å². The number of amides is 2. The van der Waals surface area contributed by atoms with Crippen LogP contribution in [0.25, 0.3) is 0 Å². The molecule has 0 saturated carbocycles. The Morgan fingerprint density at radius 2 is 1.58 bits per heavy atom. The summed E-state index contributed by atoms with van der Waals surface area (Å²) in [5.41, 5.74) is 2.11. The quantitative estimate of drug-likeness (QED) is 0.269. The van der Waals surface area contributed by atoms with Crippen molar-refractivity contribution < 1.29 is 18.0 Å². The van der Waals surface area contributed by atoms with Gasteiger partial charge in [-0.05, 0) is 76.5 Å². The molecule has 0 heterocycles. The van der Waals surface area contributed by atoms with Gasteiger partial charge in [0.05, 0.1) is 11.9 Å². The number of nitrogens with zero attached hydrogens (tertiary/aromatic N) is 2. The first-order valence-corrected chi connectivity index (χ1v) is 15.9. The van der Waals surface area contributed by atoms with Crippen LogP contribution < -0.4 is 9.62 Å². The molecular weight excluding hydrogens is 681 g/mol. The average Bonchev–Trinajstić information content (AvgIpc) is 2.89. The van der Waals surface area contributed by atoms with Crippen molar-refractivity contribution in [2.24, 2.45) is 0 Å². The summed E-state index contributed by atoms with van der Waals surface area (Å²) in [6, 6.07) is 23.1. The molecule has 7 nitrogen and oxygen atoms in total. The van der Waals surface area contributed by atoms with Gasteiger partial charge in [-0.15, -0.1) is 0 Å². The first-order valence-electron chi connectivity index (χ1n) is 12.2. The second kappa shape index (κ2) is 14.1. The summed E-state index contributed by atoms with van der Waals surface area (Å²) in [6.45, 7) is 2.15. The predicted molar refractivity (Wildman–Crippen MR) is 163 cm³/mol. The molecule has 3 aromatic rings. The van der Waals surface area contributed by atoms with E-state index in [1.807, 2.05) is 61.5 Å². The average molecular weight is 712 g/mol. The van der Waals surface area contributed by atoms with Gasteiger partial charge in [-0.2, -0.15) is 0 Å². The fourth-order valence-electron chi connectivity index (χ4n) is 3.93. The number of benzene rings is 3. The van der Waals surface area contributed by atoms with Crippen LogP contribution in [0.4, 0.5) is 5.69 Å². The molecular formula is C28H31BrIN3O4S. The zero-order chi connectivity index (χ0) is 27.7. The largest absolute Gasteiger partial charge is 0.354 e. The van der Waals surface area contributed by atoms with Crippen molar-refractivity contribution in [3.05, 3.63) is 98.0 Å². The molecule has 0 aliphatic carbocycles. The molecule has 3 rings (SSSR count). The van der Waals surface area contributed by atoms with Crippen molar-refractivity contribution in [1.82, 2.24) is 10.2 Å². The molecule has 0 aromatic heterocycles. The minimum Gasteiger partial charge on any atom is -0.354 e.